The minimum Gasteiger partial charge on any atom is -0.445 e. The van der Waals surface area contributed by atoms with E-state index in [4.69, 9.17) is 4.74 Å². The fourth-order valence-electron chi connectivity index (χ4n) is 5.04. The van der Waals surface area contributed by atoms with Crippen molar-refractivity contribution >= 4 is 6.09 Å². The Labute approximate surface area is 173 Å². The summed E-state index contributed by atoms with van der Waals surface area (Å²) < 4.78 is 46.6. The molecule has 7 heteroatoms. The lowest BCUT2D eigenvalue weighted by atomic mass is 9.86. The molecule has 3 saturated heterocycles. The van der Waals surface area contributed by atoms with Crippen LogP contribution in [-0.4, -0.2) is 36.7 Å². The Morgan fingerprint density at radius 1 is 1.00 bits per heavy atom. The molecule has 158 valence electrons. The van der Waals surface area contributed by atoms with Crippen LogP contribution in [0.25, 0.3) is 11.1 Å². The van der Waals surface area contributed by atoms with Crippen LogP contribution in [0, 0.1) is 23.4 Å². The number of nitrogens with zero attached hydrogens (tertiary/aromatic N) is 1. The van der Waals surface area contributed by atoms with Crippen molar-refractivity contribution in [3.8, 4) is 11.1 Å². The minimum atomic E-state index is -1.21. The Morgan fingerprint density at radius 3 is 2.50 bits per heavy atom. The first-order chi connectivity index (χ1) is 14.5. The molecule has 0 aromatic heterocycles. The second-order valence-electron chi connectivity index (χ2n) is 8.48. The molecule has 3 heterocycles. The number of benzene rings is 2. The molecule has 2 aromatic carbocycles. The van der Waals surface area contributed by atoms with Crippen molar-refractivity contribution in [1.82, 2.24) is 10.2 Å². The monoisotopic (exact) mass is 416 g/mol. The van der Waals surface area contributed by atoms with Crippen molar-refractivity contribution in [1.29, 1.82) is 0 Å². The molecule has 4 aliphatic rings. The van der Waals surface area contributed by atoms with Gasteiger partial charge in [-0.2, -0.15) is 0 Å². The number of hydrogen-bond donors (Lipinski definition) is 1. The normalized spacial score (nSPS) is 27.0. The van der Waals surface area contributed by atoms with Crippen molar-refractivity contribution < 1.29 is 22.7 Å². The highest BCUT2D eigenvalue weighted by atomic mass is 19.2. The van der Waals surface area contributed by atoms with Crippen molar-refractivity contribution in [3.63, 3.8) is 0 Å². The third-order valence-corrected chi connectivity index (χ3v) is 6.69. The van der Waals surface area contributed by atoms with Gasteiger partial charge in [-0.25, -0.2) is 18.0 Å². The van der Waals surface area contributed by atoms with Crippen molar-refractivity contribution in [2.45, 2.75) is 37.8 Å². The summed E-state index contributed by atoms with van der Waals surface area (Å²) in [6.07, 6.45) is 3.13. The van der Waals surface area contributed by atoms with E-state index >= 15 is 0 Å². The van der Waals surface area contributed by atoms with E-state index in [2.05, 4.69) is 10.2 Å². The number of carbonyl (C=O) groups excluding carboxylic acids is 1. The smallest absolute Gasteiger partial charge is 0.407 e. The van der Waals surface area contributed by atoms with E-state index in [1.807, 2.05) is 6.07 Å². The summed E-state index contributed by atoms with van der Waals surface area (Å²) in [4.78, 5) is 14.8. The molecule has 2 atom stereocenters. The number of amides is 1. The molecule has 3 aliphatic heterocycles. The molecule has 1 amide bonds. The Kier molecular flexibility index (Phi) is 4.93. The molecule has 30 heavy (non-hydrogen) atoms. The molecule has 0 saturated carbocycles. The fourth-order valence-corrected chi connectivity index (χ4v) is 5.04. The van der Waals surface area contributed by atoms with Gasteiger partial charge in [-0.15, -0.1) is 0 Å². The molecule has 0 spiro atoms. The van der Waals surface area contributed by atoms with Crippen LogP contribution in [-0.2, 0) is 11.2 Å². The van der Waals surface area contributed by atoms with Gasteiger partial charge in [0.2, 0.25) is 0 Å². The SMILES string of the molecule is O=C(NC1CCc2cc(-c3cc(F)c(F)cc3F)ccc21)O[C@H]1CN2CCC1CC2. The highest BCUT2D eigenvalue weighted by molar-refractivity contribution is 5.70. The third-order valence-electron chi connectivity index (χ3n) is 6.69. The number of ether oxygens (including phenoxy) is 1. The quantitative estimate of drug-likeness (QED) is 0.745. The standard InChI is InChI=1S/C23H23F3N2O2/c24-18-11-20(26)19(25)10-17(18)15-1-3-16-14(9-15)2-4-21(16)27-23(29)30-22-12-28-7-5-13(22)6-8-28/h1,3,9-11,13,21-22H,2,4-8,12H2,(H,27,29)/t21?,22-/m0/s1. The van der Waals surface area contributed by atoms with Crippen LogP contribution in [0.15, 0.2) is 30.3 Å². The summed E-state index contributed by atoms with van der Waals surface area (Å²) in [6, 6.07) is 6.54. The number of piperidine rings is 3. The maximum absolute atomic E-state index is 14.1. The van der Waals surface area contributed by atoms with Gasteiger partial charge in [0.25, 0.3) is 0 Å². The van der Waals surface area contributed by atoms with Crippen LogP contribution in [0.5, 0.6) is 0 Å². The fraction of sp³-hybridized carbons (Fsp3) is 0.435. The van der Waals surface area contributed by atoms with Crippen LogP contribution in [0.1, 0.15) is 36.4 Å². The molecule has 1 unspecified atom stereocenters. The number of carbonyl (C=O) groups is 1. The number of halogens is 3. The number of fused-ring (bicyclic) bond motifs is 4. The molecule has 1 aliphatic carbocycles. The van der Waals surface area contributed by atoms with Gasteiger partial charge in [0.15, 0.2) is 11.6 Å². The van der Waals surface area contributed by atoms with Crippen LogP contribution in [0.3, 0.4) is 0 Å². The first-order valence-corrected chi connectivity index (χ1v) is 10.4. The first kappa shape index (κ1) is 19.4. The van der Waals surface area contributed by atoms with Gasteiger partial charge in [-0.05, 0) is 67.4 Å². The average Bonchev–Trinajstić information content (AvgIpc) is 3.13. The Hall–Kier alpha value is -2.54. The molecule has 3 fully saturated rings. The maximum atomic E-state index is 14.1. The van der Waals surface area contributed by atoms with Gasteiger partial charge in [0.05, 0.1) is 6.04 Å². The number of aryl methyl sites for hydroxylation is 1. The predicted octanol–water partition coefficient (Wildman–Crippen LogP) is 4.58. The average molecular weight is 416 g/mol. The molecule has 2 bridgehead atoms. The van der Waals surface area contributed by atoms with Gasteiger partial charge >= 0.3 is 6.09 Å². The lowest BCUT2D eigenvalue weighted by Crippen LogP contribution is -2.52. The van der Waals surface area contributed by atoms with Gasteiger partial charge in [0, 0.05) is 18.2 Å². The topological polar surface area (TPSA) is 41.6 Å². The zero-order valence-electron chi connectivity index (χ0n) is 16.5. The molecular weight excluding hydrogens is 393 g/mol. The van der Waals surface area contributed by atoms with E-state index in [1.165, 1.54) is 0 Å². The summed E-state index contributed by atoms with van der Waals surface area (Å²) >= 11 is 0. The first-order valence-electron chi connectivity index (χ1n) is 10.4. The highest BCUT2D eigenvalue weighted by Crippen LogP contribution is 2.36. The number of hydrogen-bond acceptors (Lipinski definition) is 3. The van der Waals surface area contributed by atoms with Crippen LogP contribution in [0.2, 0.25) is 0 Å². The molecule has 4 nitrogen and oxygen atoms in total. The summed E-state index contributed by atoms with van der Waals surface area (Å²) in [6.45, 7) is 2.98. The minimum absolute atomic E-state index is 0.0230. The summed E-state index contributed by atoms with van der Waals surface area (Å²) in [7, 11) is 0. The maximum Gasteiger partial charge on any atom is 0.407 e. The van der Waals surface area contributed by atoms with Crippen molar-refractivity contribution in [3.05, 3.63) is 58.9 Å². The summed E-state index contributed by atoms with van der Waals surface area (Å²) in [5, 5.41) is 2.97. The van der Waals surface area contributed by atoms with Crippen LogP contribution < -0.4 is 5.32 Å². The van der Waals surface area contributed by atoms with Crippen molar-refractivity contribution in [2.75, 3.05) is 19.6 Å². The van der Waals surface area contributed by atoms with Gasteiger partial charge in [0.1, 0.15) is 11.9 Å². The Morgan fingerprint density at radius 2 is 1.77 bits per heavy atom. The Bertz CT molecular complexity index is 989. The molecule has 2 aromatic rings. The Balaban J connectivity index is 1.28. The van der Waals surface area contributed by atoms with E-state index in [0.717, 1.165) is 49.7 Å². The van der Waals surface area contributed by atoms with Gasteiger partial charge in [-0.1, -0.05) is 18.2 Å². The lowest BCUT2D eigenvalue weighted by molar-refractivity contribution is -0.0339. The van der Waals surface area contributed by atoms with Crippen LogP contribution in [0.4, 0.5) is 18.0 Å². The van der Waals surface area contributed by atoms with E-state index < -0.39 is 23.5 Å². The summed E-state index contributed by atoms with van der Waals surface area (Å²) in [5.74, 6) is -2.64. The van der Waals surface area contributed by atoms with Gasteiger partial charge < -0.3 is 10.1 Å². The number of alkyl carbamates (subject to hydrolysis) is 1. The summed E-state index contributed by atoms with van der Waals surface area (Å²) in [5.41, 5.74) is 2.42. The van der Waals surface area contributed by atoms with E-state index in [0.29, 0.717) is 30.4 Å². The molecule has 6 rings (SSSR count). The second-order valence-corrected chi connectivity index (χ2v) is 8.48. The lowest BCUT2D eigenvalue weighted by Gasteiger charge is -2.43. The second kappa shape index (κ2) is 7.61. The van der Waals surface area contributed by atoms with Crippen LogP contribution >= 0.6 is 0 Å². The number of nitrogens with one attached hydrogen (secondary N) is 1. The van der Waals surface area contributed by atoms with Gasteiger partial charge in [-0.3, -0.25) is 4.90 Å². The van der Waals surface area contributed by atoms with E-state index in [9.17, 15) is 18.0 Å². The van der Waals surface area contributed by atoms with E-state index in [-0.39, 0.29) is 17.7 Å². The van der Waals surface area contributed by atoms with Crippen molar-refractivity contribution in [2.24, 2.45) is 5.92 Å². The zero-order valence-corrected chi connectivity index (χ0v) is 16.5. The molecule has 0 radical (unpaired) electrons. The molecule has 1 N–H and O–H groups in total. The largest absolute Gasteiger partial charge is 0.445 e. The number of rotatable bonds is 3. The molecular formula is C23H23F3N2O2. The third kappa shape index (κ3) is 3.55. The predicted molar refractivity (Wildman–Crippen MR) is 105 cm³/mol. The van der Waals surface area contributed by atoms with E-state index in [1.54, 1.807) is 12.1 Å². The zero-order chi connectivity index (χ0) is 20.8. The highest BCUT2D eigenvalue weighted by Gasteiger charge is 2.37.